The highest BCUT2D eigenvalue weighted by molar-refractivity contribution is 5.76. The Morgan fingerprint density at radius 1 is 1.03 bits per heavy atom. The molecule has 0 spiro atoms. The van der Waals surface area contributed by atoms with Crippen LogP contribution in [0.2, 0.25) is 0 Å². The lowest BCUT2D eigenvalue weighted by Crippen LogP contribution is -2.50. The van der Waals surface area contributed by atoms with Crippen LogP contribution in [0.5, 0.6) is 0 Å². The first kappa shape index (κ1) is 20.5. The van der Waals surface area contributed by atoms with Gasteiger partial charge in [0.05, 0.1) is 0 Å². The normalized spacial score (nSPS) is 13.9. The lowest BCUT2D eigenvalue weighted by atomic mass is 10.3. The number of anilines is 3. The van der Waals surface area contributed by atoms with Gasteiger partial charge in [-0.25, -0.2) is 19.6 Å². The number of nitrogens with one attached hydrogen (secondary N) is 1. The number of hydrogen-bond acceptors (Lipinski definition) is 8. The van der Waals surface area contributed by atoms with Crippen molar-refractivity contribution in [2.75, 3.05) is 36.4 Å². The molecule has 1 aliphatic heterocycles. The quantitative estimate of drug-likeness (QED) is 0.654. The van der Waals surface area contributed by atoms with Gasteiger partial charge >= 0.3 is 0 Å². The van der Waals surface area contributed by atoms with Crippen molar-refractivity contribution in [1.29, 1.82) is 0 Å². The van der Waals surface area contributed by atoms with E-state index in [9.17, 15) is 9.59 Å². The molecule has 10 heteroatoms. The van der Waals surface area contributed by atoms with Gasteiger partial charge in [0.1, 0.15) is 29.8 Å². The summed E-state index contributed by atoms with van der Waals surface area (Å²) < 4.78 is 1.18. The molecule has 1 amide bonds. The van der Waals surface area contributed by atoms with Gasteiger partial charge in [-0.1, -0.05) is 0 Å². The van der Waals surface area contributed by atoms with Gasteiger partial charge in [-0.15, -0.1) is 0 Å². The predicted octanol–water partition coefficient (Wildman–Crippen LogP) is 1.14. The summed E-state index contributed by atoms with van der Waals surface area (Å²) in [6.07, 6.45) is 3.25. The summed E-state index contributed by atoms with van der Waals surface area (Å²) in [6, 6.07) is 8.74. The summed E-state index contributed by atoms with van der Waals surface area (Å²) in [5, 5.41) is 7.18. The van der Waals surface area contributed by atoms with Crippen molar-refractivity contribution < 1.29 is 4.79 Å². The van der Waals surface area contributed by atoms with Gasteiger partial charge in [0, 0.05) is 50.7 Å². The minimum Gasteiger partial charge on any atom is -0.353 e. The van der Waals surface area contributed by atoms with Crippen molar-refractivity contribution in [1.82, 2.24) is 29.6 Å². The number of piperazine rings is 1. The molecule has 0 bridgehead atoms. The molecule has 1 saturated heterocycles. The second kappa shape index (κ2) is 8.90. The first-order valence-electron chi connectivity index (χ1n) is 10.1. The number of rotatable bonds is 5. The van der Waals surface area contributed by atoms with Crippen LogP contribution in [0.25, 0.3) is 0 Å². The lowest BCUT2D eigenvalue weighted by molar-refractivity contribution is -0.132. The van der Waals surface area contributed by atoms with Crippen molar-refractivity contribution in [2.45, 2.75) is 20.4 Å². The number of carbonyl (C=O) groups excluding carboxylic acids is 1. The number of aromatic nitrogens is 5. The van der Waals surface area contributed by atoms with Crippen LogP contribution in [0, 0.1) is 13.8 Å². The van der Waals surface area contributed by atoms with Gasteiger partial charge in [0.15, 0.2) is 0 Å². The van der Waals surface area contributed by atoms with E-state index in [1.165, 1.54) is 16.9 Å². The molecule has 31 heavy (non-hydrogen) atoms. The maximum Gasteiger partial charge on any atom is 0.267 e. The minimum atomic E-state index is -0.283. The second-order valence-corrected chi connectivity index (χ2v) is 7.39. The van der Waals surface area contributed by atoms with Crippen molar-refractivity contribution in [3.63, 3.8) is 0 Å². The standard InChI is InChI=1S/C21H24N8O2/c1-15-5-7-22-17(12-15)26-18-13-19(25-16(2)24-18)27-8-10-28(11-9-27)21(31)14-29-20(30)4-3-6-23-29/h3-7,12-13H,8-11,14H2,1-2H3,(H,22,24,25,26). The van der Waals surface area contributed by atoms with Gasteiger partial charge in [-0.3, -0.25) is 9.59 Å². The molecule has 1 aliphatic rings. The Labute approximate surface area is 179 Å². The molecular formula is C21H24N8O2. The zero-order chi connectivity index (χ0) is 21.8. The number of carbonyl (C=O) groups is 1. The molecule has 1 N–H and O–H groups in total. The van der Waals surface area contributed by atoms with Gasteiger partial charge in [-0.05, 0) is 37.6 Å². The molecule has 0 aliphatic carbocycles. The van der Waals surface area contributed by atoms with Crippen LogP contribution in [-0.4, -0.2) is 61.7 Å². The van der Waals surface area contributed by atoms with Crippen molar-refractivity contribution in [3.05, 3.63) is 64.5 Å². The third-order valence-corrected chi connectivity index (χ3v) is 5.02. The van der Waals surface area contributed by atoms with E-state index >= 15 is 0 Å². The van der Waals surface area contributed by atoms with Crippen LogP contribution in [0.3, 0.4) is 0 Å². The SMILES string of the molecule is Cc1ccnc(Nc2cc(N3CCN(C(=O)Cn4ncccc4=O)CC3)nc(C)n2)c1. The molecule has 0 unspecified atom stereocenters. The Bertz CT molecular complexity index is 1140. The summed E-state index contributed by atoms with van der Waals surface area (Å²) >= 11 is 0. The Kier molecular flexibility index (Phi) is 5.87. The maximum absolute atomic E-state index is 12.6. The van der Waals surface area contributed by atoms with Crippen LogP contribution >= 0.6 is 0 Å². The van der Waals surface area contributed by atoms with E-state index in [1.807, 2.05) is 32.0 Å². The Balaban J connectivity index is 1.40. The Morgan fingerprint density at radius 3 is 2.58 bits per heavy atom. The van der Waals surface area contributed by atoms with Gasteiger partial charge in [0.2, 0.25) is 5.91 Å². The Hall–Kier alpha value is -3.82. The summed E-state index contributed by atoms with van der Waals surface area (Å²) in [7, 11) is 0. The molecule has 3 aromatic heterocycles. The molecule has 0 saturated carbocycles. The summed E-state index contributed by atoms with van der Waals surface area (Å²) in [5.74, 6) is 2.74. The second-order valence-electron chi connectivity index (χ2n) is 7.39. The van der Waals surface area contributed by atoms with Crippen LogP contribution in [0.4, 0.5) is 17.5 Å². The van der Waals surface area contributed by atoms with Crippen LogP contribution in [-0.2, 0) is 11.3 Å². The van der Waals surface area contributed by atoms with Gasteiger partial charge in [0.25, 0.3) is 5.56 Å². The highest BCUT2D eigenvalue weighted by Crippen LogP contribution is 2.20. The molecule has 160 valence electrons. The monoisotopic (exact) mass is 420 g/mol. The van der Waals surface area contributed by atoms with Gasteiger partial charge < -0.3 is 15.1 Å². The molecule has 1 fully saturated rings. The zero-order valence-corrected chi connectivity index (χ0v) is 17.5. The van der Waals surface area contributed by atoms with E-state index in [2.05, 4.69) is 30.3 Å². The summed E-state index contributed by atoms with van der Waals surface area (Å²) in [4.78, 5) is 41.6. The number of amides is 1. The maximum atomic E-state index is 12.6. The largest absolute Gasteiger partial charge is 0.353 e. The number of hydrogen-bond donors (Lipinski definition) is 1. The third kappa shape index (κ3) is 5.03. The number of nitrogens with zero attached hydrogens (tertiary/aromatic N) is 7. The average molecular weight is 420 g/mol. The highest BCUT2D eigenvalue weighted by atomic mass is 16.2. The van der Waals surface area contributed by atoms with Crippen LogP contribution < -0.4 is 15.8 Å². The van der Waals surface area contributed by atoms with Crippen LogP contribution in [0.15, 0.2) is 47.5 Å². The average Bonchev–Trinajstić information content (AvgIpc) is 2.75. The minimum absolute atomic E-state index is 0.0517. The van der Waals surface area contributed by atoms with E-state index < -0.39 is 0 Å². The summed E-state index contributed by atoms with van der Waals surface area (Å²) in [5.41, 5.74) is 0.825. The summed E-state index contributed by atoms with van der Waals surface area (Å²) in [6.45, 7) is 6.18. The number of pyridine rings is 1. The topological polar surface area (TPSA) is 109 Å². The molecule has 0 atom stereocenters. The first-order chi connectivity index (χ1) is 15.0. The van der Waals surface area contributed by atoms with Crippen molar-refractivity contribution >= 4 is 23.4 Å². The fourth-order valence-corrected chi connectivity index (χ4v) is 3.43. The van der Waals surface area contributed by atoms with Crippen molar-refractivity contribution in [3.8, 4) is 0 Å². The fraction of sp³-hybridized carbons (Fsp3) is 0.333. The van der Waals surface area contributed by atoms with E-state index in [0.29, 0.717) is 37.8 Å². The fourth-order valence-electron chi connectivity index (χ4n) is 3.43. The molecule has 0 radical (unpaired) electrons. The van der Waals surface area contributed by atoms with E-state index in [4.69, 9.17) is 0 Å². The third-order valence-electron chi connectivity index (χ3n) is 5.02. The van der Waals surface area contributed by atoms with Crippen LogP contribution in [0.1, 0.15) is 11.4 Å². The van der Waals surface area contributed by atoms with Gasteiger partial charge in [-0.2, -0.15) is 5.10 Å². The first-order valence-corrected chi connectivity index (χ1v) is 10.1. The van der Waals surface area contributed by atoms with E-state index in [-0.39, 0.29) is 18.0 Å². The zero-order valence-electron chi connectivity index (χ0n) is 17.5. The van der Waals surface area contributed by atoms with E-state index in [1.54, 1.807) is 17.2 Å². The molecular weight excluding hydrogens is 396 g/mol. The van der Waals surface area contributed by atoms with Crippen molar-refractivity contribution in [2.24, 2.45) is 0 Å². The molecule has 4 heterocycles. The smallest absolute Gasteiger partial charge is 0.267 e. The molecule has 3 aromatic rings. The lowest BCUT2D eigenvalue weighted by Gasteiger charge is -2.35. The predicted molar refractivity (Wildman–Crippen MR) is 116 cm³/mol. The highest BCUT2D eigenvalue weighted by Gasteiger charge is 2.23. The molecule has 4 rings (SSSR count). The number of aryl methyl sites for hydroxylation is 2. The molecule has 0 aromatic carbocycles. The molecule has 10 nitrogen and oxygen atoms in total. The van der Waals surface area contributed by atoms with E-state index in [0.717, 1.165) is 17.2 Å². The Morgan fingerprint density at radius 2 is 1.84 bits per heavy atom.